The van der Waals surface area contributed by atoms with Crippen molar-refractivity contribution in [1.29, 1.82) is 10.5 Å². The lowest BCUT2D eigenvalue weighted by atomic mass is 9.98. The van der Waals surface area contributed by atoms with Crippen molar-refractivity contribution in [2.24, 2.45) is 5.73 Å². The van der Waals surface area contributed by atoms with Gasteiger partial charge in [0.15, 0.2) is 5.92 Å². The van der Waals surface area contributed by atoms with Crippen LogP contribution in [-0.2, 0) is 14.8 Å². The normalized spacial score (nSPS) is 16.4. The van der Waals surface area contributed by atoms with Crippen molar-refractivity contribution >= 4 is 21.6 Å². The minimum absolute atomic E-state index is 0.296. The van der Waals surface area contributed by atoms with Crippen LogP contribution < -0.4 is 10.5 Å². The van der Waals surface area contributed by atoms with E-state index in [2.05, 4.69) is 4.72 Å². The van der Waals surface area contributed by atoms with Crippen molar-refractivity contribution in [2.75, 3.05) is 0 Å². The van der Waals surface area contributed by atoms with Crippen molar-refractivity contribution in [3.63, 3.8) is 0 Å². The number of sulfonamides is 1. The minimum atomic E-state index is -4.17. The van der Waals surface area contributed by atoms with Crippen molar-refractivity contribution in [1.82, 2.24) is 4.72 Å². The Morgan fingerprint density at radius 1 is 1.42 bits per heavy atom. The fourth-order valence-electron chi connectivity index (χ4n) is 2.06. The quantitative estimate of drug-likeness (QED) is 0.536. The molecule has 1 aromatic carbocycles. The van der Waals surface area contributed by atoms with E-state index in [4.69, 9.17) is 16.3 Å². The Hall–Kier alpha value is -3.02. The van der Waals surface area contributed by atoms with Crippen molar-refractivity contribution < 1.29 is 18.1 Å². The molecule has 1 aliphatic carbocycles. The summed E-state index contributed by atoms with van der Waals surface area (Å²) in [6.45, 7) is 0. The second kappa shape index (κ2) is 5.88. The molecule has 0 radical (unpaired) electrons. The summed E-state index contributed by atoms with van der Waals surface area (Å²) in [6.07, 6.45) is 0.697. The summed E-state index contributed by atoms with van der Waals surface area (Å²) in [5.74, 6) is -2.67. The number of nitro groups is 1. The van der Waals surface area contributed by atoms with E-state index in [1.807, 2.05) is 6.07 Å². The van der Waals surface area contributed by atoms with Gasteiger partial charge in [0.1, 0.15) is 5.54 Å². The van der Waals surface area contributed by atoms with Crippen LogP contribution in [0, 0.1) is 32.8 Å². The second-order valence-electron chi connectivity index (χ2n) is 5.24. The number of nitro benzene ring substituents is 1. The third-order valence-electron chi connectivity index (χ3n) is 3.53. The van der Waals surface area contributed by atoms with Crippen LogP contribution in [0.25, 0.3) is 0 Å². The van der Waals surface area contributed by atoms with E-state index in [1.165, 1.54) is 0 Å². The number of nitriles is 2. The van der Waals surface area contributed by atoms with Gasteiger partial charge in [-0.15, -0.1) is 0 Å². The van der Waals surface area contributed by atoms with Crippen molar-refractivity contribution in [3.05, 3.63) is 33.9 Å². The molecule has 1 atom stereocenters. The molecule has 0 heterocycles. The van der Waals surface area contributed by atoms with Gasteiger partial charge < -0.3 is 5.73 Å². The smallest absolute Gasteiger partial charge is 0.275 e. The number of nitrogens with one attached hydrogen (secondary N) is 1. The number of primary amides is 1. The molecule has 1 aromatic rings. The molecule has 0 saturated heterocycles. The lowest BCUT2D eigenvalue weighted by Crippen LogP contribution is -2.35. The molecule has 1 fully saturated rings. The number of nitrogens with zero attached hydrogens (tertiary/aromatic N) is 3. The number of hydrogen-bond acceptors (Lipinski definition) is 7. The Bertz CT molecular complexity index is 908. The number of benzene rings is 1. The summed E-state index contributed by atoms with van der Waals surface area (Å²) in [7, 11) is -4.17. The lowest BCUT2D eigenvalue weighted by Gasteiger charge is -2.12. The van der Waals surface area contributed by atoms with E-state index in [0.717, 1.165) is 18.2 Å². The molecule has 0 spiro atoms. The van der Waals surface area contributed by atoms with E-state index in [-0.39, 0.29) is 5.56 Å². The molecule has 0 aromatic heterocycles. The Balaban J connectivity index is 2.50. The van der Waals surface area contributed by atoms with E-state index in [0.29, 0.717) is 12.8 Å². The molecule has 1 amide bonds. The Morgan fingerprint density at radius 2 is 2.04 bits per heavy atom. The van der Waals surface area contributed by atoms with Gasteiger partial charge >= 0.3 is 0 Å². The van der Waals surface area contributed by atoms with Gasteiger partial charge in [0.25, 0.3) is 5.69 Å². The molecule has 0 aliphatic heterocycles. The van der Waals surface area contributed by atoms with Crippen LogP contribution in [-0.4, -0.2) is 24.8 Å². The SMILES string of the molecule is N#CC(C(N)=O)c1ccc(S(=O)(=O)NC2(C#N)CC2)cc1[N+](=O)[O-]. The predicted octanol–water partition coefficient (Wildman–Crippen LogP) is 0.0218. The van der Waals surface area contributed by atoms with Crippen molar-refractivity contribution in [2.45, 2.75) is 29.2 Å². The van der Waals surface area contributed by atoms with Gasteiger partial charge in [-0.2, -0.15) is 15.2 Å². The highest BCUT2D eigenvalue weighted by Crippen LogP contribution is 2.36. The summed E-state index contributed by atoms with van der Waals surface area (Å²) in [6, 6.07) is 6.13. The van der Waals surface area contributed by atoms with Crippen LogP contribution in [0.5, 0.6) is 0 Å². The Morgan fingerprint density at radius 3 is 2.46 bits per heavy atom. The van der Waals surface area contributed by atoms with Gasteiger partial charge in [-0.3, -0.25) is 14.9 Å². The minimum Gasteiger partial charge on any atom is -0.368 e. The van der Waals surface area contributed by atoms with Crippen LogP contribution in [0.1, 0.15) is 24.3 Å². The Labute approximate surface area is 136 Å². The van der Waals surface area contributed by atoms with E-state index < -0.39 is 42.9 Å². The van der Waals surface area contributed by atoms with Gasteiger partial charge in [-0.1, -0.05) is 0 Å². The largest absolute Gasteiger partial charge is 0.368 e. The highest BCUT2D eigenvalue weighted by Gasteiger charge is 2.47. The molecule has 24 heavy (non-hydrogen) atoms. The maximum absolute atomic E-state index is 12.3. The first-order valence-electron chi connectivity index (χ1n) is 6.58. The zero-order valence-corrected chi connectivity index (χ0v) is 12.9. The average molecular weight is 349 g/mol. The van der Waals surface area contributed by atoms with Gasteiger partial charge in [0, 0.05) is 6.07 Å². The highest BCUT2D eigenvalue weighted by atomic mass is 32.2. The van der Waals surface area contributed by atoms with Crippen LogP contribution in [0.3, 0.4) is 0 Å². The van der Waals surface area contributed by atoms with Crippen LogP contribution in [0.15, 0.2) is 23.1 Å². The zero-order chi connectivity index (χ0) is 18.1. The number of carbonyl (C=O) groups excluding carboxylic acids is 1. The number of hydrogen-bond donors (Lipinski definition) is 2. The van der Waals surface area contributed by atoms with Crippen molar-refractivity contribution in [3.8, 4) is 12.1 Å². The van der Waals surface area contributed by atoms with Gasteiger partial charge in [0.05, 0.1) is 27.5 Å². The van der Waals surface area contributed by atoms with Gasteiger partial charge in [-0.05, 0) is 25.0 Å². The monoisotopic (exact) mass is 349 g/mol. The fraction of sp³-hybridized carbons (Fsp3) is 0.308. The molecule has 0 bridgehead atoms. The van der Waals surface area contributed by atoms with E-state index in [9.17, 15) is 23.3 Å². The van der Waals surface area contributed by atoms with Crippen LogP contribution in [0.4, 0.5) is 5.69 Å². The number of carbonyl (C=O) groups is 1. The topological polar surface area (TPSA) is 180 Å². The molecular weight excluding hydrogens is 338 g/mol. The first-order valence-corrected chi connectivity index (χ1v) is 8.06. The standard InChI is InChI=1S/C13H11N5O5S/c14-6-10(12(16)19)9-2-1-8(5-11(9)18(20)21)24(22,23)17-13(7-15)3-4-13/h1-2,5,10,17H,3-4H2,(H2,16,19). The fourth-order valence-corrected chi connectivity index (χ4v) is 3.45. The molecule has 10 nitrogen and oxygen atoms in total. The van der Waals surface area contributed by atoms with E-state index >= 15 is 0 Å². The molecule has 1 saturated carbocycles. The van der Waals surface area contributed by atoms with Gasteiger partial charge in [-0.25, -0.2) is 8.42 Å². The summed E-state index contributed by atoms with van der Waals surface area (Å²) in [4.78, 5) is 21.1. The molecule has 11 heteroatoms. The summed E-state index contributed by atoms with van der Waals surface area (Å²) in [5, 5.41) is 29.1. The molecule has 3 N–H and O–H groups in total. The molecule has 2 rings (SSSR count). The van der Waals surface area contributed by atoms with Crippen LogP contribution >= 0.6 is 0 Å². The average Bonchev–Trinajstić information content (AvgIpc) is 3.27. The number of amides is 1. The van der Waals surface area contributed by atoms with Crippen LogP contribution in [0.2, 0.25) is 0 Å². The summed E-state index contributed by atoms with van der Waals surface area (Å²) >= 11 is 0. The predicted molar refractivity (Wildman–Crippen MR) is 78.5 cm³/mol. The zero-order valence-electron chi connectivity index (χ0n) is 12.1. The van der Waals surface area contributed by atoms with Gasteiger partial charge in [0.2, 0.25) is 15.9 Å². The first-order chi connectivity index (χ1) is 11.2. The third kappa shape index (κ3) is 3.17. The highest BCUT2D eigenvalue weighted by molar-refractivity contribution is 7.89. The summed E-state index contributed by atoms with van der Waals surface area (Å²) in [5.41, 5.74) is 2.83. The lowest BCUT2D eigenvalue weighted by molar-refractivity contribution is -0.385. The molecule has 1 unspecified atom stereocenters. The third-order valence-corrected chi connectivity index (χ3v) is 5.06. The number of nitrogens with two attached hydrogens (primary N) is 1. The number of rotatable bonds is 6. The molecule has 1 aliphatic rings. The summed E-state index contributed by atoms with van der Waals surface area (Å²) < 4.78 is 26.7. The molecule has 124 valence electrons. The maximum Gasteiger partial charge on any atom is 0.275 e. The Kier molecular flexibility index (Phi) is 4.25. The maximum atomic E-state index is 12.3. The molecular formula is C13H11N5O5S. The second-order valence-corrected chi connectivity index (χ2v) is 6.92. The van der Waals surface area contributed by atoms with E-state index in [1.54, 1.807) is 6.07 Å². The first kappa shape index (κ1) is 17.3.